The molecule has 0 aliphatic carbocycles. The molecule has 0 fully saturated rings. The molecule has 0 aliphatic rings. The molecule has 13 heavy (non-hydrogen) atoms. The fourth-order valence-corrected chi connectivity index (χ4v) is 1.52. The molecule has 0 saturated heterocycles. The van der Waals surface area contributed by atoms with Crippen LogP contribution in [0.25, 0.3) is 10.8 Å². The maximum atomic E-state index is 5.53. The highest BCUT2D eigenvalue weighted by Crippen LogP contribution is 2.23. The molecule has 0 spiro atoms. The Morgan fingerprint density at radius 1 is 1.54 bits per heavy atom. The number of rotatable bonds is 2. The Hall–Kier alpha value is -1.01. The predicted octanol–water partition coefficient (Wildman–Crippen LogP) is 1.64. The zero-order chi connectivity index (χ0) is 9.26. The molecule has 0 unspecified atom stereocenters. The van der Waals surface area contributed by atoms with Crippen molar-refractivity contribution in [2.45, 2.75) is 12.8 Å². The SMILES string of the molecule is Cc1nnsc1-c1nc(CCl)no1. The van der Waals surface area contributed by atoms with E-state index in [0.29, 0.717) is 11.7 Å². The highest BCUT2D eigenvalue weighted by atomic mass is 35.5. The van der Waals surface area contributed by atoms with Crippen molar-refractivity contribution in [1.82, 2.24) is 19.7 Å². The van der Waals surface area contributed by atoms with Crippen molar-refractivity contribution in [1.29, 1.82) is 0 Å². The maximum absolute atomic E-state index is 5.53. The monoisotopic (exact) mass is 216 g/mol. The lowest BCUT2D eigenvalue weighted by Gasteiger charge is -1.84. The van der Waals surface area contributed by atoms with Crippen LogP contribution in [-0.4, -0.2) is 19.7 Å². The Bertz CT molecular complexity index is 412. The molecule has 0 aromatic carbocycles. The average molecular weight is 217 g/mol. The first-order valence-corrected chi connectivity index (χ1v) is 4.80. The molecule has 0 aliphatic heterocycles. The van der Waals surface area contributed by atoms with Gasteiger partial charge in [-0.05, 0) is 18.5 Å². The van der Waals surface area contributed by atoms with Crippen molar-refractivity contribution in [3.63, 3.8) is 0 Å². The van der Waals surface area contributed by atoms with Gasteiger partial charge in [-0.3, -0.25) is 0 Å². The van der Waals surface area contributed by atoms with E-state index in [4.69, 9.17) is 16.1 Å². The minimum absolute atomic E-state index is 0.245. The summed E-state index contributed by atoms with van der Waals surface area (Å²) < 4.78 is 8.73. The third-order valence-electron chi connectivity index (χ3n) is 1.43. The van der Waals surface area contributed by atoms with Crippen molar-refractivity contribution in [3.8, 4) is 10.8 Å². The summed E-state index contributed by atoms with van der Waals surface area (Å²) >= 11 is 6.75. The number of nitrogens with zero attached hydrogens (tertiary/aromatic N) is 4. The fourth-order valence-electron chi connectivity index (χ4n) is 0.828. The van der Waals surface area contributed by atoms with Crippen LogP contribution >= 0.6 is 23.1 Å². The van der Waals surface area contributed by atoms with Gasteiger partial charge < -0.3 is 4.52 Å². The molecule has 2 aromatic rings. The molecule has 0 bridgehead atoms. The Balaban J connectivity index is 2.41. The molecule has 0 amide bonds. The van der Waals surface area contributed by atoms with Crippen LogP contribution in [0.15, 0.2) is 4.52 Å². The molecular weight excluding hydrogens is 212 g/mol. The van der Waals surface area contributed by atoms with E-state index >= 15 is 0 Å². The molecule has 0 saturated carbocycles. The van der Waals surface area contributed by atoms with E-state index in [1.54, 1.807) is 0 Å². The lowest BCUT2D eigenvalue weighted by atomic mass is 10.4. The second-order valence-electron chi connectivity index (χ2n) is 2.34. The van der Waals surface area contributed by atoms with E-state index in [1.165, 1.54) is 11.5 Å². The first kappa shape index (κ1) is 8.58. The van der Waals surface area contributed by atoms with E-state index < -0.39 is 0 Å². The van der Waals surface area contributed by atoms with Crippen molar-refractivity contribution in [2.75, 3.05) is 0 Å². The third kappa shape index (κ3) is 1.54. The number of aromatic nitrogens is 4. The standard InChI is InChI=1S/C6H5ClN4OS/c1-3-5(13-11-9-3)6-8-4(2-7)10-12-6/h2H2,1H3. The van der Waals surface area contributed by atoms with Gasteiger partial charge in [0.2, 0.25) is 0 Å². The minimum atomic E-state index is 0.245. The second-order valence-corrected chi connectivity index (χ2v) is 3.36. The molecule has 0 radical (unpaired) electrons. The Morgan fingerprint density at radius 3 is 2.92 bits per heavy atom. The second kappa shape index (κ2) is 3.39. The molecule has 68 valence electrons. The van der Waals surface area contributed by atoms with Gasteiger partial charge in [0.25, 0.3) is 5.89 Å². The fraction of sp³-hybridized carbons (Fsp3) is 0.333. The Kier molecular flexibility index (Phi) is 2.24. The average Bonchev–Trinajstić information content (AvgIpc) is 2.71. The van der Waals surface area contributed by atoms with E-state index in [-0.39, 0.29) is 5.88 Å². The number of alkyl halides is 1. The van der Waals surface area contributed by atoms with Crippen LogP contribution < -0.4 is 0 Å². The molecule has 2 rings (SSSR count). The normalized spacial score (nSPS) is 10.6. The molecule has 0 N–H and O–H groups in total. The van der Waals surface area contributed by atoms with Gasteiger partial charge >= 0.3 is 0 Å². The van der Waals surface area contributed by atoms with Crippen LogP contribution in [0, 0.1) is 6.92 Å². The number of hydrogen-bond donors (Lipinski definition) is 0. The van der Waals surface area contributed by atoms with Gasteiger partial charge in [0.15, 0.2) is 5.82 Å². The predicted molar refractivity (Wildman–Crippen MR) is 47.5 cm³/mol. The maximum Gasteiger partial charge on any atom is 0.271 e. The van der Waals surface area contributed by atoms with E-state index in [1.807, 2.05) is 6.92 Å². The molecule has 0 atom stereocenters. The Morgan fingerprint density at radius 2 is 2.38 bits per heavy atom. The zero-order valence-corrected chi connectivity index (χ0v) is 8.26. The molecule has 5 nitrogen and oxygen atoms in total. The smallest absolute Gasteiger partial charge is 0.271 e. The van der Waals surface area contributed by atoms with Crippen LogP contribution in [-0.2, 0) is 5.88 Å². The van der Waals surface area contributed by atoms with Gasteiger partial charge in [0.05, 0.1) is 11.6 Å². The Labute approximate surface area is 82.9 Å². The molecular formula is C6H5ClN4OS. The highest BCUT2D eigenvalue weighted by Gasteiger charge is 2.13. The van der Waals surface area contributed by atoms with Crippen LogP contribution in [0.4, 0.5) is 0 Å². The summed E-state index contributed by atoms with van der Waals surface area (Å²) in [5.41, 5.74) is 0.787. The summed E-state index contributed by atoms with van der Waals surface area (Å²) in [5, 5.41) is 7.50. The molecule has 7 heteroatoms. The first-order chi connectivity index (χ1) is 6.31. The summed E-state index contributed by atoms with van der Waals surface area (Å²) in [6.45, 7) is 1.84. The van der Waals surface area contributed by atoms with Crippen molar-refractivity contribution in [2.24, 2.45) is 0 Å². The van der Waals surface area contributed by atoms with Gasteiger partial charge in [-0.1, -0.05) is 9.64 Å². The van der Waals surface area contributed by atoms with Crippen molar-refractivity contribution >= 4 is 23.1 Å². The van der Waals surface area contributed by atoms with E-state index in [9.17, 15) is 0 Å². The number of aryl methyl sites for hydroxylation is 1. The first-order valence-electron chi connectivity index (χ1n) is 3.49. The summed E-state index contributed by atoms with van der Waals surface area (Å²) in [6.07, 6.45) is 0. The van der Waals surface area contributed by atoms with E-state index in [0.717, 1.165) is 10.6 Å². The van der Waals surface area contributed by atoms with E-state index in [2.05, 4.69) is 19.7 Å². The highest BCUT2D eigenvalue weighted by molar-refractivity contribution is 7.09. The zero-order valence-electron chi connectivity index (χ0n) is 6.69. The van der Waals surface area contributed by atoms with Gasteiger partial charge in [-0.2, -0.15) is 4.98 Å². The summed E-state index contributed by atoms with van der Waals surface area (Å²) in [6, 6.07) is 0. The topological polar surface area (TPSA) is 64.7 Å². The minimum Gasteiger partial charge on any atom is -0.333 e. The summed E-state index contributed by atoms with van der Waals surface area (Å²) in [4.78, 5) is 4.85. The van der Waals surface area contributed by atoms with Gasteiger partial charge in [-0.25, -0.2) is 0 Å². The quantitative estimate of drug-likeness (QED) is 0.714. The van der Waals surface area contributed by atoms with Gasteiger partial charge in [0, 0.05) is 0 Å². The van der Waals surface area contributed by atoms with Crippen molar-refractivity contribution in [3.05, 3.63) is 11.5 Å². The van der Waals surface area contributed by atoms with Crippen LogP contribution in [0.1, 0.15) is 11.5 Å². The van der Waals surface area contributed by atoms with Crippen molar-refractivity contribution < 1.29 is 4.52 Å². The lowest BCUT2D eigenvalue weighted by Crippen LogP contribution is -1.80. The number of halogens is 1. The van der Waals surface area contributed by atoms with Gasteiger partial charge in [0.1, 0.15) is 4.88 Å². The van der Waals surface area contributed by atoms with Crippen LogP contribution in [0.3, 0.4) is 0 Å². The molecule has 2 heterocycles. The van der Waals surface area contributed by atoms with Crippen LogP contribution in [0.2, 0.25) is 0 Å². The largest absolute Gasteiger partial charge is 0.333 e. The molecule has 2 aromatic heterocycles. The van der Waals surface area contributed by atoms with Crippen LogP contribution in [0.5, 0.6) is 0 Å². The summed E-state index contributed by atoms with van der Waals surface area (Å²) in [5.74, 6) is 1.15. The lowest BCUT2D eigenvalue weighted by molar-refractivity contribution is 0.425. The summed E-state index contributed by atoms with van der Waals surface area (Å²) in [7, 11) is 0. The third-order valence-corrected chi connectivity index (χ3v) is 2.49. The number of hydrogen-bond acceptors (Lipinski definition) is 6. The van der Waals surface area contributed by atoms with Gasteiger partial charge in [-0.15, -0.1) is 16.7 Å².